The second kappa shape index (κ2) is 4.80. The normalized spacial score (nSPS) is 33.5. The van der Waals surface area contributed by atoms with Crippen LogP contribution in [0.3, 0.4) is 0 Å². The maximum Gasteiger partial charge on any atom is 0.303 e. The lowest BCUT2D eigenvalue weighted by Gasteiger charge is -2.27. The van der Waals surface area contributed by atoms with Gasteiger partial charge in [0.05, 0.1) is 6.10 Å². The Bertz CT molecular complexity index is 289. The van der Waals surface area contributed by atoms with Gasteiger partial charge in [0.1, 0.15) is 6.61 Å². The monoisotopic (exact) mass is 232 g/mol. The lowest BCUT2D eigenvalue weighted by molar-refractivity contribution is -0.252. The first-order valence-corrected chi connectivity index (χ1v) is 5.04. The molecular formula is C10H16O6. The molecule has 6 nitrogen and oxygen atoms in total. The summed E-state index contributed by atoms with van der Waals surface area (Å²) in [7, 11) is 0. The average Bonchev–Trinajstić information content (AvgIpc) is 2.38. The second-order valence-corrected chi connectivity index (χ2v) is 3.89. The Hall–Kier alpha value is -1.14. The third-order valence-corrected chi connectivity index (χ3v) is 2.24. The highest BCUT2D eigenvalue weighted by atomic mass is 16.7. The van der Waals surface area contributed by atoms with Gasteiger partial charge in [-0.1, -0.05) is 0 Å². The zero-order valence-electron chi connectivity index (χ0n) is 9.56. The number of carbonyl (C=O) groups is 2. The van der Waals surface area contributed by atoms with Gasteiger partial charge in [-0.15, -0.1) is 0 Å². The van der Waals surface area contributed by atoms with E-state index in [1.165, 1.54) is 13.8 Å². The number of ether oxygens (including phenoxy) is 3. The molecule has 1 fully saturated rings. The molecule has 0 spiro atoms. The molecule has 0 saturated carbocycles. The minimum atomic E-state index is -1.74. The van der Waals surface area contributed by atoms with Crippen molar-refractivity contribution in [2.24, 2.45) is 0 Å². The van der Waals surface area contributed by atoms with Crippen molar-refractivity contribution >= 4 is 11.9 Å². The van der Waals surface area contributed by atoms with Crippen LogP contribution in [-0.4, -0.2) is 41.6 Å². The number of aliphatic hydroxyl groups is 1. The van der Waals surface area contributed by atoms with Crippen LogP contribution >= 0.6 is 0 Å². The van der Waals surface area contributed by atoms with Crippen LogP contribution < -0.4 is 0 Å². The van der Waals surface area contributed by atoms with Gasteiger partial charge in [-0.2, -0.15) is 0 Å². The lowest BCUT2D eigenvalue weighted by atomic mass is 10.1. The summed E-state index contributed by atoms with van der Waals surface area (Å²) in [5.74, 6) is -2.78. The van der Waals surface area contributed by atoms with Crippen LogP contribution in [0.1, 0.15) is 27.2 Å². The van der Waals surface area contributed by atoms with E-state index in [1.807, 2.05) is 0 Å². The van der Waals surface area contributed by atoms with E-state index >= 15 is 0 Å². The maximum atomic E-state index is 10.8. The number of rotatable bonds is 3. The highest BCUT2D eigenvalue weighted by molar-refractivity contribution is 5.66. The van der Waals surface area contributed by atoms with Crippen molar-refractivity contribution < 1.29 is 28.9 Å². The Balaban J connectivity index is 2.65. The smallest absolute Gasteiger partial charge is 0.303 e. The molecule has 0 amide bonds. The van der Waals surface area contributed by atoms with Crippen LogP contribution in [0.2, 0.25) is 0 Å². The minimum Gasteiger partial charge on any atom is -0.460 e. The van der Waals surface area contributed by atoms with E-state index in [0.717, 1.165) is 0 Å². The van der Waals surface area contributed by atoms with Crippen LogP contribution in [0.5, 0.6) is 0 Å². The summed E-state index contributed by atoms with van der Waals surface area (Å²) >= 11 is 0. The van der Waals surface area contributed by atoms with Crippen molar-refractivity contribution in [3.8, 4) is 0 Å². The molecule has 0 aromatic rings. The summed E-state index contributed by atoms with van der Waals surface area (Å²) in [5.41, 5.74) is 0. The Labute approximate surface area is 93.5 Å². The van der Waals surface area contributed by atoms with Crippen molar-refractivity contribution in [2.75, 3.05) is 6.61 Å². The topological polar surface area (TPSA) is 82.1 Å². The van der Waals surface area contributed by atoms with E-state index in [9.17, 15) is 14.7 Å². The van der Waals surface area contributed by atoms with E-state index in [2.05, 4.69) is 4.74 Å². The first-order valence-electron chi connectivity index (χ1n) is 5.04. The molecule has 6 heteroatoms. The molecule has 1 heterocycles. The SMILES string of the molecule is CC(=O)OC[C@@]1(O)O[C@H](C)C[C@H]1OC(C)=O. The second-order valence-electron chi connectivity index (χ2n) is 3.89. The first kappa shape index (κ1) is 12.9. The van der Waals surface area contributed by atoms with Crippen molar-refractivity contribution in [2.45, 2.75) is 45.2 Å². The van der Waals surface area contributed by atoms with Gasteiger partial charge in [0, 0.05) is 20.3 Å². The molecule has 1 aliphatic rings. The number of esters is 2. The van der Waals surface area contributed by atoms with Gasteiger partial charge in [-0.05, 0) is 6.92 Å². The Morgan fingerprint density at radius 2 is 2.06 bits per heavy atom. The van der Waals surface area contributed by atoms with E-state index in [4.69, 9.17) is 9.47 Å². The van der Waals surface area contributed by atoms with E-state index < -0.39 is 23.8 Å². The van der Waals surface area contributed by atoms with Crippen molar-refractivity contribution in [1.82, 2.24) is 0 Å². The molecule has 1 rings (SSSR count). The lowest BCUT2D eigenvalue weighted by Crippen LogP contribution is -2.46. The highest BCUT2D eigenvalue weighted by Gasteiger charge is 2.49. The Morgan fingerprint density at radius 1 is 1.44 bits per heavy atom. The molecular weight excluding hydrogens is 216 g/mol. The van der Waals surface area contributed by atoms with Crippen LogP contribution in [0.15, 0.2) is 0 Å². The summed E-state index contributed by atoms with van der Waals surface area (Å²) in [6.45, 7) is 3.87. The van der Waals surface area contributed by atoms with Gasteiger partial charge in [-0.3, -0.25) is 9.59 Å². The largest absolute Gasteiger partial charge is 0.460 e. The summed E-state index contributed by atoms with van der Waals surface area (Å²) in [5, 5.41) is 10.0. The fourth-order valence-corrected chi connectivity index (χ4v) is 1.63. The summed E-state index contributed by atoms with van der Waals surface area (Å²) in [6, 6.07) is 0. The maximum absolute atomic E-state index is 10.8. The number of hydrogen-bond acceptors (Lipinski definition) is 6. The first-order chi connectivity index (χ1) is 7.33. The van der Waals surface area contributed by atoms with Gasteiger partial charge in [0.15, 0.2) is 6.10 Å². The predicted molar refractivity (Wildman–Crippen MR) is 52.3 cm³/mol. The number of carbonyl (C=O) groups excluding carboxylic acids is 2. The quantitative estimate of drug-likeness (QED) is 0.688. The molecule has 0 radical (unpaired) electrons. The molecule has 0 unspecified atom stereocenters. The van der Waals surface area contributed by atoms with E-state index in [-0.39, 0.29) is 12.7 Å². The van der Waals surface area contributed by atoms with Crippen molar-refractivity contribution in [1.29, 1.82) is 0 Å². The fraction of sp³-hybridized carbons (Fsp3) is 0.800. The van der Waals surface area contributed by atoms with Gasteiger partial charge in [0.2, 0.25) is 5.79 Å². The van der Waals surface area contributed by atoms with Gasteiger partial charge >= 0.3 is 11.9 Å². The zero-order chi connectivity index (χ0) is 12.3. The average molecular weight is 232 g/mol. The van der Waals surface area contributed by atoms with Gasteiger partial charge in [0.25, 0.3) is 0 Å². The Morgan fingerprint density at radius 3 is 2.56 bits per heavy atom. The molecule has 1 saturated heterocycles. The summed E-state index contributed by atoms with van der Waals surface area (Å²) < 4.78 is 14.8. The van der Waals surface area contributed by atoms with Gasteiger partial charge < -0.3 is 19.3 Å². The molecule has 3 atom stereocenters. The summed E-state index contributed by atoms with van der Waals surface area (Å²) in [6.07, 6.45) is -0.693. The molecule has 0 bridgehead atoms. The third-order valence-electron chi connectivity index (χ3n) is 2.24. The molecule has 0 aliphatic carbocycles. The molecule has 16 heavy (non-hydrogen) atoms. The third kappa shape index (κ3) is 3.18. The molecule has 1 N–H and O–H groups in total. The molecule has 1 aliphatic heterocycles. The standard InChI is InChI=1S/C10H16O6/c1-6-4-9(15-8(3)12)10(13,16-6)5-14-7(2)11/h6,9,13H,4-5H2,1-3H3/t6-,9-,10-/m1/s1. The number of hydrogen-bond donors (Lipinski definition) is 1. The Kier molecular flexibility index (Phi) is 3.88. The highest BCUT2D eigenvalue weighted by Crippen LogP contribution is 2.31. The van der Waals surface area contributed by atoms with E-state index in [0.29, 0.717) is 6.42 Å². The van der Waals surface area contributed by atoms with Crippen LogP contribution in [0.25, 0.3) is 0 Å². The van der Waals surface area contributed by atoms with Crippen LogP contribution in [-0.2, 0) is 23.8 Å². The molecule has 0 aromatic heterocycles. The molecule has 0 aromatic carbocycles. The van der Waals surface area contributed by atoms with Gasteiger partial charge in [-0.25, -0.2) is 0 Å². The van der Waals surface area contributed by atoms with Crippen molar-refractivity contribution in [3.05, 3.63) is 0 Å². The van der Waals surface area contributed by atoms with E-state index in [1.54, 1.807) is 6.92 Å². The van der Waals surface area contributed by atoms with Crippen molar-refractivity contribution in [3.63, 3.8) is 0 Å². The fourth-order valence-electron chi connectivity index (χ4n) is 1.63. The zero-order valence-corrected chi connectivity index (χ0v) is 9.56. The summed E-state index contributed by atoms with van der Waals surface area (Å²) in [4.78, 5) is 21.5. The molecule has 92 valence electrons. The van der Waals surface area contributed by atoms with Crippen LogP contribution in [0, 0.1) is 0 Å². The minimum absolute atomic E-state index is 0.259. The van der Waals surface area contributed by atoms with Crippen LogP contribution in [0.4, 0.5) is 0 Å². The predicted octanol–water partition coefficient (Wildman–Crippen LogP) is -0.0214.